The minimum absolute atomic E-state index is 0.252. The summed E-state index contributed by atoms with van der Waals surface area (Å²) in [6, 6.07) is 3.44. The van der Waals surface area contributed by atoms with E-state index in [1.165, 1.54) is 21.3 Å². The van der Waals surface area contributed by atoms with Gasteiger partial charge in [0.2, 0.25) is 5.75 Å². The number of methoxy groups -OCH3 is 3. The van der Waals surface area contributed by atoms with Crippen molar-refractivity contribution >= 4 is 5.91 Å². The molecule has 1 aromatic carbocycles. The maximum atomic E-state index is 12.7. The summed E-state index contributed by atoms with van der Waals surface area (Å²) in [6.45, 7) is 5.62. The fourth-order valence-electron chi connectivity index (χ4n) is 2.76. The largest absolute Gasteiger partial charge is 0.493 e. The molecule has 0 radical (unpaired) electrons. The Labute approximate surface area is 165 Å². The second kappa shape index (κ2) is 10.6. The predicted octanol–water partition coefficient (Wildman–Crippen LogP) is 3.22. The molecule has 1 N–H and O–H groups in total. The van der Waals surface area contributed by atoms with Crippen LogP contribution in [-0.4, -0.2) is 52.2 Å². The topological polar surface area (TPSA) is 92.1 Å². The molecule has 1 heterocycles. The number of aromatic nitrogens is 1. The molecule has 0 saturated heterocycles. The van der Waals surface area contributed by atoms with Gasteiger partial charge in [0.1, 0.15) is 5.56 Å². The quantitative estimate of drug-likeness (QED) is 0.587. The number of hydrogen-bond acceptors (Lipinski definition) is 7. The van der Waals surface area contributed by atoms with Crippen LogP contribution in [0.5, 0.6) is 17.2 Å². The Morgan fingerprint density at radius 3 is 2.36 bits per heavy atom. The van der Waals surface area contributed by atoms with Gasteiger partial charge in [0.25, 0.3) is 5.91 Å². The molecule has 8 nitrogen and oxygen atoms in total. The zero-order valence-electron chi connectivity index (χ0n) is 17.1. The molecule has 8 heteroatoms. The number of nitrogens with zero attached hydrogens (tertiary/aromatic N) is 1. The fourth-order valence-corrected chi connectivity index (χ4v) is 2.76. The van der Waals surface area contributed by atoms with Gasteiger partial charge in [-0.2, -0.15) is 0 Å². The molecule has 0 fully saturated rings. The maximum Gasteiger partial charge on any atom is 0.257 e. The SMILES string of the molecule is CCCOCCCNC(=O)c1c(C)noc1-c1cc(OC)c(OC)c(OC)c1. The molecule has 1 aromatic heterocycles. The van der Waals surface area contributed by atoms with Crippen molar-refractivity contribution in [2.75, 3.05) is 41.1 Å². The van der Waals surface area contributed by atoms with Crippen LogP contribution in [0.2, 0.25) is 0 Å². The monoisotopic (exact) mass is 392 g/mol. The van der Waals surface area contributed by atoms with Crippen molar-refractivity contribution in [2.24, 2.45) is 0 Å². The third-order valence-corrected chi connectivity index (χ3v) is 4.12. The van der Waals surface area contributed by atoms with Gasteiger partial charge in [-0.3, -0.25) is 4.79 Å². The highest BCUT2D eigenvalue weighted by Crippen LogP contribution is 2.42. The molecule has 0 bridgehead atoms. The summed E-state index contributed by atoms with van der Waals surface area (Å²) < 4.78 is 27.0. The first-order valence-corrected chi connectivity index (χ1v) is 9.19. The van der Waals surface area contributed by atoms with Gasteiger partial charge in [0, 0.05) is 25.3 Å². The molecular formula is C20H28N2O6. The van der Waals surface area contributed by atoms with Crippen molar-refractivity contribution in [3.05, 3.63) is 23.4 Å². The lowest BCUT2D eigenvalue weighted by molar-refractivity contribution is 0.0941. The fraction of sp³-hybridized carbons (Fsp3) is 0.500. The highest BCUT2D eigenvalue weighted by atomic mass is 16.5. The van der Waals surface area contributed by atoms with Crippen molar-refractivity contribution in [3.8, 4) is 28.6 Å². The molecule has 0 saturated carbocycles. The number of hydrogen-bond donors (Lipinski definition) is 1. The summed E-state index contributed by atoms with van der Waals surface area (Å²) in [7, 11) is 4.59. The summed E-state index contributed by atoms with van der Waals surface area (Å²) in [4.78, 5) is 12.7. The number of nitrogens with one attached hydrogen (secondary N) is 1. The van der Waals surface area contributed by atoms with Crippen LogP contribution in [0.1, 0.15) is 35.8 Å². The highest BCUT2D eigenvalue weighted by Gasteiger charge is 2.24. The number of rotatable bonds is 11. The average Bonchev–Trinajstić information content (AvgIpc) is 3.10. The van der Waals surface area contributed by atoms with Crippen molar-refractivity contribution < 1.29 is 28.3 Å². The van der Waals surface area contributed by atoms with Gasteiger partial charge in [-0.25, -0.2) is 0 Å². The molecule has 2 rings (SSSR count). The molecule has 0 aliphatic carbocycles. The lowest BCUT2D eigenvalue weighted by atomic mass is 10.0. The summed E-state index contributed by atoms with van der Waals surface area (Å²) >= 11 is 0. The number of amides is 1. The van der Waals surface area contributed by atoms with E-state index in [1.807, 2.05) is 0 Å². The van der Waals surface area contributed by atoms with E-state index in [1.54, 1.807) is 19.1 Å². The predicted molar refractivity (Wildman–Crippen MR) is 104 cm³/mol. The molecule has 1 amide bonds. The number of benzene rings is 1. The molecule has 0 unspecified atom stereocenters. The van der Waals surface area contributed by atoms with Crippen molar-refractivity contribution in [1.82, 2.24) is 10.5 Å². The Balaban J connectivity index is 2.23. The Morgan fingerprint density at radius 1 is 1.11 bits per heavy atom. The lowest BCUT2D eigenvalue weighted by Crippen LogP contribution is -2.26. The van der Waals surface area contributed by atoms with Gasteiger partial charge in [-0.1, -0.05) is 12.1 Å². The first kappa shape index (κ1) is 21.6. The summed E-state index contributed by atoms with van der Waals surface area (Å²) in [5, 5.41) is 6.85. The molecule has 0 aliphatic rings. The van der Waals surface area contributed by atoms with E-state index in [0.29, 0.717) is 53.0 Å². The van der Waals surface area contributed by atoms with Gasteiger partial charge in [0.05, 0.1) is 27.0 Å². The number of carbonyl (C=O) groups is 1. The third kappa shape index (κ3) is 4.95. The molecule has 0 spiro atoms. The normalized spacial score (nSPS) is 10.6. The van der Waals surface area contributed by atoms with Crippen LogP contribution < -0.4 is 19.5 Å². The lowest BCUT2D eigenvalue weighted by Gasteiger charge is -2.13. The number of carbonyl (C=O) groups excluding carboxylic acids is 1. The van der Waals surface area contributed by atoms with E-state index in [2.05, 4.69) is 17.4 Å². The van der Waals surface area contributed by atoms with E-state index < -0.39 is 0 Å². The van der Waals surface area contributed by atoms with E-state index in [0.717, 1.165) is 19.4 Å². The molecule has 0 aliphatic heterocycles. The van der Waals surface area contributed by atoms with Gasteiger partial charge < -0.3 is 28.8 Å². The zero-order valence-corrected chi connectivity index (χ0v) is 17.1. The summed E-state index contributed by atoms with van der Waals surface area (Å²) in [6.07, 6.45) is 1.71. The van der Waals surface area contributed by atoms with Crippen LogP contribution in [0.15, 0.2) is 16.7 Å². The van der Waals surface area contributed by atoms with Crippen LogP contribution >= 0.6 is 0 Å². The highest BCUT2D eigenvalue weighted by molar-refractivity contribution is 6.00. The smallest absolute Gasteiger partial charge is 0.257 e. The Kier molecular flexibility index (Phi) is 8.13. The van der Waals surface area contributed by atoms with Crippen molar-refractivity contribution in [3.63, 3.8) is 0 Å². The van der Waals surface area contributed by atoms with E-state index in [4.69, 9.17) is 23.5 Å². The van der Waals surface area contributed by atoms with E-state index >= 15 is 0 Å². The Morgan fingerprint density at radius 2 is 1.79 bits per heavy atom. The number of aryl methyl sites for hydroxylation is 1. The van der Waals surface area contributed by atoms with Crippen LogP contribution in [0.25, 0.3) is 11.3 Å². The molecule has 28 heavy (non-hydrogen) atoms. The van der Waals surface area contributed by atoms with Gasteiger partial charge in [-0.05, 0) is 31.9 Å². The van der Waals surface area contributed by atoms with Crippen molar-refractivity contribution in [1.29, 1.82) is 0 Å². The first-order valence-electron chi connectivity index (χ1n) is 9.19. The first-order chi connectivity index (χ1) is 13.6. The molecule has 0 atom stereocenters. The van der Waals surface area contributed by atoms with Crippen LogP contribution in [0, 0.1) is 6.92 Å². The van der Waals surface area contributed by atoms with Gasteiger partial charge in [0.15, 0.2) is 17.3 Å². The van der Waals surface area contributed by atoms with Crippen LogP contribution in [0.3, 0.4) is 0 Å². The minimum atomic E-state index is -0.252. The Bertz CT molecular complexity index is 762. The third-order valence-electron chi connectivity index (χ3n) is 4.12. The second-order valence-corrected chi connectivity index (χ2v) is 6.11. The van der Waals surface area contributed by atoms with Gasteiger partial charge >= 0.3 is 0 Å². The minimum Gasteiger partial charge on any atom is -0.493 e. The number of ether oxygens (including phenoxy) is 4. The van der Waals surface area contributed by atoms with Gasteiger partial charge in [-0.15, -0.1) is 0 Å². The molecule has 2 aromatic rings. The summed E-state index contributed by atoms with van der Waals surface area (Å²) in [5.41, 5.74) is 1.48. The van der Waals surface area contributed by atoms with Crippen LogP contribution in [-0.2, 0) is 4.74 Å². The van der Waals surface area contributed by atoms with E-state index in [9.17, 15) is 4.79 Å². The summed E-state index contributed by atoms with van der Waals surface area (Å²) in [5.74, 6) is 1.48. The average molecular weight is 392 g/mol. The van der Waals surface area contributed by atoms with E-state index in [-0.39, 0.29) is 5.91 Å². The zero-order chi connectivity index (χ0) is 20.5. The van der Waals surface area contributed by atoms with Crippen molar-refractivity contribution in [2.45, 2.75) is 26.7 Å². The molecular weight excluding hydrogens is 364 g/mol. The Hall–Kier alpha value is -2.74. The standard InChI is InChI=1S/C20H28N2O6/c1-6-9-27-10-7-8-21-20(23)17-13(2)22-28-18(17)14-11-15(24-3)19(26-5)16(12-14)25-4/h11-12H,6-10H2,1-5H3,(H,21,23). The maximum absolute atomic E-state index is 12.7. The second-order valence-electron chi connectivity index (χ2n) is 6.11. The molecule has 154 valence electrons. The van der Waals surface area contributed by atoms with Crippen LogP contribution in [0.4, 0.5) is 0 Å².